The van der Waals surface area contributed by atoms with E-state index in [-0.39, 0.29) is 5.97 Å². The van der Waals surface area contributed by atoms with E-state index in [1.807, 2.05) is 12.1 Å². The van der Waals surface area contributed by atoms with Crippen molar-refractivity contribution in [3.63, 3.8) is 0 Å². The summed E-state index contributed by atoms with van der Waals surface area (Å²) >= 11 is 3.51. The topological polar surface area (TPSA) is 52.6 Å². The van der Waals surface area contributed by atoms with E-state index >= 15 is 0 Å². The van der Waals surface area contributed by atoms with Gasteiger partial charge in [0.2, 0.25) is 0 Å². The van der Waals surface area contributed by atoms with Crippen LogP contribution in [0.3, 0.4) is 0 Å². The van der Waals surface area contributed by atoms with Crippen molar-refractivity contribution in [1.82, 2.24) is 0 Å². The minimum atomic E-state index is -0.380. The molecule has 0 saturated heterocycles. The molecule has 4 aromatic carbocycles. The number of hydrogen-bond acceptors (Lipinski definition) is 6. The van der Waals surface area contributed by atoms with Crippen molar-refractivity contribution in [1.29, 1.82) is 0 Å². The maximum absolute atomic E-state index is 11.1. The molecule has 0 saturated carbocycles. The molecule has 248 valence electrons. The monoisotopic (exact) mass is 684 g/mol. The highest BCUT2D eigenvalue weighted by atomic mass is 32.2. The van der Waals surface area contributed by atoms with Crippen molar-refractivity contribution in [3.8, 4) is 34.8 Å². The maximum atomic E-state index is 11.1. The number of esters is 1. The highest BCUT2D eigenvalue weighted by Crippen LogP contribution is 2.28. The predicted octanol–water partition coefficient (Wildman–Crippen LogP) is 9.24. The highest BCUT2D eigenvalue weighted by molar-refractivity contribution is 7.99. The van der Waals surface area contributed by atoms with Gasteiger partial charge in [0.15, 0.2) is 0 Å². The third-order valence-electron chi connectivity index (χ3n) is 7.28. The van der Waals surface area contributed by atoms with Crippen molar-refractivity contribution < 1.29 is 19.1 Å². The molecule has 0 aliphatic heterocycles. The molecule has 0 fully saturated rings. The minimum absolute atomic E-state index is 0.298. The van der Waals surface area contributed by atoms with Crippen molar-refractivity contribution in [2.24, 2.45) is 0 Å². The van der Waals surface area contributed by atoms with Crippen molar-refractivity contribution >= 4 is 35.8 Å². The quantitative estimate of drug-likeness (QED) is 0.0311. The summed E-state index contributed by atoms with van der Waals surface area (Å²) in [6, 6.07) is 29.3. The Balaban J connectivity index is 1.28. The van der Waals surface area contributed by atoms with Gasteiger partial charge in [-0.1, -0.05) is 49.0 Å². The molecule has 0 bridgehead atoms. The minimum Gasteiger partial charge on any atom is -0.463 e. The molecule has 4 nitrogen and oxygen atoms in total. The zero-order valence-corrected chi connectivity index (χ0v) is 29.7. The van der Waals surface area contributed by atoms with Gasteiger partial charge in [-0.15, -0.1) is 23.5 Å². The lowest BCUT2D eigenvalue weighted by Gasteiger charge is -2.10. The maximum Gasteiger partial charge on any atom is 0.330 e. The van der Waals surface area contributed by atoms with Crippen LogP contribution < -0.4 is 0 Å². The number of ether oxygens (including phenoxy) is 2. The van der Waals surface area contributed by atoms with Gasteiger partial charge in [0.1, 0.15) is 6.29 Å². The molecule has 0 N–H and O–H groups in total. The number of benzene rings is 4. The fourth-order valence-electron chi connectivity index (χ4n) is 4.71. The van der Waals surface area contributed by atoms with Crippen LogP contribution in [0.4, 0.5) is 0 Å². The van der Waals surface area contributed by atoms with E-state index in [1.165, 1.54) is 33.2 Å². The number of carbonyl (C=O) groups excluding carboxylic acids is 2. The summed E-state index contributed by atoms with van der Waals surface area (Å²) in [7, 11) is 0. The van der Waals surface area contributed by atoms with Crippen LogP contribution in [0, 0.1) is 37.5 Å². The molecule has 0 atom stereocenters. The van der Waals surface area contributed by atoms with E-state index in [0.29, 0.717) is 25.4 Å². The second-order valence-electron chi connectivity index (χ2n) is 11.2. The van der Waals surface area contributed by atoms with Gasteiger partial charge in [0.25, 0.3) is 0 Å². The Morgan fingerprint density at radius 1 is 0.694 bits per heavy atom. The number of aryl methyl sites for hydroxylation is 2. The van der Waals surface area contributed by atoms with Crippen molar-refractivity contribution in [2.75, 3.05) is 31.3 Å². The largest absolute Gasteiger partial charge is 0.463 e. The molecule has 4 rings (SSSR count). The smallest absolute Gasteiger partial charge is 0.330 e. The average Bonchev–Trinajstić information content (AvgIpc) is 3.12. The molecule has 0 aromatic heterocycles. The Bertz CT molecular complexity index is 1880. The van der Waals surface area contributed by atoms with E-state index in [4.69, 9.17) is 9.47 Å². The summed E-state index contributed by atoms with van der Waals surface area (Å²) in [5.41, 5.74) is 9.10. The molecule has 0 unspecified atom stereocenters. The van der Waals surface area contributed by atoms with E-state index < -0.39 is 0 Å². The molecule has 0 heterocycles. The number of aldehydes is 1. The van der Waals surface area contributed by atoms with E-state index in [2.05, 4.69) is 123 Å². The summed E-state index contributed by atoms with van der Waals surface area (Å²) in [5.74, 6) is 14.6. The Morgan fingerprint density at radius 3 is 1.59 bits per heavy atom. The van der Waals surface area contributed by atoms with E-state index in [0.717, 1.165) is 57.8 Å². The molecular weight excluding hydrogens is 645 g/mol. The van der Waals surface area contributed by atoms with Gasteiger partial charge in [0.05, 0.1) is 13.2 Å². The van der Waals surface area contributed by atoms with Crippen LogP contribution in [0.1, 0.15) is 46.2 Å². The lowest BCUT2D eigenvalue weighted by atomic mass is 9.94. The van der Waals surface area contributed by atoms with E-state index in [1.54, 1.807) is 23.5 Å². The van der Waals surface area contributed by atoms with Crippen LogP contribution in [0.5, 0.6) is 0 Å². The van der Waals surface area contributed by atoms with Gasteiger partial charge in [-0.25, -0.2) is 4.79 Å². The zero-order valence-electron chi connectivity index (χ0n) is 28.1. The number of thioether (sulfide) groups is 2. The first-order valence-corrected chi connectivity index (χ1v) is 18.0. The van der Waals surface area contributed by atoms with Gasteiger partial charge >= 0.3 is 5.97 Å². The summed E-state index contributed by atoms with van der Waals surface area (Å²) in [6.45, 7) is 12.6. The van der Waals surface area contributed by atoms with Gasteiger partial charge < -0.3 is 9.47 Å². The Hall–Kier alpha value is -4.72. The van der Waals surface area contributed by atoms with Gasteiger partial charge in [-0.3, -0.25) is 4.79 Å². The molecule has 4 aromatic rings. The summed E-state index contributed by atoms with van der Waals surface area (Å²) in [4.78, 5) is 24.0. The molecule has 6 heteroatoms. The molecular formula is C43H40O4S2. The van der Waals surface area contributed by atoms with Crippen LogP contribution in [-0.4, -0.2) is 43.6 Å². The fraction of sp³-hybridized carbons (Fsp3) is 0.209. The molecule has 0 amide bonds. The SMILES string of the molecule is C=CC(=O)OCCCSc1ccc(C#Cc2ccc(-c3ccc(C#Cc4ccc(SCCCOCC(=C)C=O)cc4)cc3C)c(C)c2)cc1. The normalized spacial score (nSPS) is 10.2. The zero-order chi connectivity index (χ0) is 34.8. The third-order valence-corrected chi connectivity index (χ3v) is 9.47. The second-order valence-corrected chi connectivity index (χ2v) is 13.5. The Kier molecular flexibility index (Phi) is 15.1. The fourth-order valence-corrected chi connectivity index (χ4v) is 6.37. The summed E-state index contributed by atoms with van der Waals surface area (Å²) in [6.07, 6.45) is 3.61. The van der Waals surface area contributed by atoms with Gasteiger partial charge in [0, 0.05) is 61.8 Å². The molecule has 49 heavy (non-hydrogen) atoms. The third kappa shape index (κ3) is 12.7. The number of hydrogen-bond donors (Lipinski definition) is 0. The van der Waals surface area contributed by atoms with Gasteiger partial charge in [-0.2, -0.15) is 0 Å². The Morgan fingerprint density at radius 2 is 1.14 bits per heavy atom. The van der Waals surface area contributed by atoms with Gasteiger partial charge in [-0.05, 0) is 122 Å². The summed E-state index contributed by atoms with van der Waals surface area (Å²) < 4.78 is 10.5. The van der Waals surface area contributed by atoms with Crippen LogP contribution in [0.2, 0.25) is 0 Å². The number of rotatable bonds is 15. The molecule has 0 spiro atoms. The molecule has 0 aliphatic carbocycles. The molecule has 0 radical (unpaired) electrons. The standard InChI is InChI=1S/C43H40O4S2/c1-5-43(45)47-25-7-27-49-40-20-14-36(15-21-40)9-11-38-17-23-42(34(4)29-38)41-22-16-37(28-33(41)3)10-8-35-12-18-39(19-13-35)48-26-6-24-46-31-32(2)30-44/h5,12-23,28-30H,1-2,6-7,24-27,31H2,3-4H3. The van der Waals surface area contributed by atoms with Crippen molar-refractivity contribution in [3.05, 3.63) is 143 Å². The first-order valence-electron chi connectivity index (χ1n) is 16.1. The molecule has 0 aliphatic rings. The average molecular weight is 685 g/mol. The van der Waals surface area contributed by atoms with Crippen LogP contribution in [0.15, 0.2) is 120 Å². The van der Waals surface area contributed by atoms with E-state index in [9.17, 15) is 9.59 Å². The van der Waals surface area contributed by atoms with Crippen LogP contribution in [0.25, 0.3) is 11.1 Å². The highest BCUT2D eigenvalue weighted by Gasteiger charge is 2.07. The van der Waals surface area contributed by atoms with Crippen LogP contribution in [-0.2, 0) is 19.1 Å². The first kappa shape index (κ1) is 37.1. The van der Waals surface area contributed by atoms with Crippen molar-refractivity contribution in [2.45, 2.75) is 36.5 Å². The lowest BCUT2D eigenvalue weighted by molar-refractivity contribution is -0.137. The Labute approximate surface area is 299 Å². The predicted molar refractivity (Wildman–Crippen MR) is 204 cm³/mol. The first-order chi connectivity index (χ1) is 23.8. The van der Waals surface area contributed by atoms with Crippen LogP contribution >= 0.6 is 23.5 Å². The number of carbonyl (C=O) groups is 2. The lowest BCUT2D eigenvalue weighted by Crippen LogP contribution is -2.02. The summed E-state index contributed by atoms with van der Waals surface area (Å²) in [5, 5.41) is 0. The second kappa shape index (κ2) is 19.9.